The van der Waals surface area contributed by atoms with Gasteiger partial charge >= 0.3 is 0 Å². The molecule has 1 radical (unpaired) electrons. The first-order valence-electron chi connectivity index (χ1n) is 3.92. The molecule has 0 saturated carbocycles. The first kappa shape index (κ1) is 8.81. The molecule has 0 aliphatic carbocycles. The van der Waals surface area contributed by atoms with Crippen LogP contribution in [0.1, 0.15) is 11.1 Å². The summed E-state index contributed by atoms with van der Waals surface area (Å²) in [6.07, 6.45) is 3.08. The third kappa shape index (κ3) is 2.10. The minimum Gasteiger partial charge on any atom is -0.326 e. The number of allylic oxidation sites excluding steroid dienone is 1. The second kappa shape index (κ2) is 4.57. The fourth-order valence-corrected chi connectivity index (χ4v) is 1.13. The smallest absolute Gasteiger partial charge is 0.139 e. The van der Waals surface area contributed by atoms with E-state index in [2.05, 4.69) is 0 Å². The average Bonchev–Trinajstić information content (AvgIpc) is 2.15. The van der Waals surface area contributed by atoms with Gasteiger partial charge in [-0.05, 0) is 23.6 Å². The molecule has 63 valence electrons. The zero-order chi connectivity index (χ0) is 8.81. The van der Waals surface area contributed by atoms with Crippen LogP contribution in [0.3, 0.4) is 0 Å². The molecule has 0 fully saturated rings. The number of nitrogens with two attached hydrogens (primary N) is 1. The van der Waals surface area contributed by atoms with Gasteiger partial charge in [0.2, 0.25) is 0 Å². The van der Waals surface area contributed by atoms with Crippen molar-refractivity contribution in [3.05, 3.63) is 47.7 Å². The Labute approximate surface area is 72.3 Å². The second-order valence-electron chi connectivity index (χ2n) is 2.55. The molecular formula is C10H12NO. The lowest BCUT2D eigenvalue weighted by Gasteiger charge is -2.03. The summed E-state index contributed by atoms with van der Waals surface area (Å²) in [5, 5.41) is 10.1. The van der Waals surface area contributed by atoms with Crippen LogP contribution in [-0.2, 0) is 18.1 Å². The average molecular weight is 162 g/mol. The molecule has 0 unspecified atom stereocenters. The van der Waals surface area contributed by atoms with Crippen LogP contribution in [0.15, 0.2) is 36.6 Å². The fourth-order valence-electron chi connectivity index (χ4n) is 1.13. The molecule has 2 heteroatoms. The number of rotatable bonds is 3. The normalized spacial score (nSPS) is 10.8. The Morgan fingerprint density at radius 2 is 1.92 bits per heavy atom. The Hall–Kier alpha value is -1.28. The summed E-state index contributed by atoms with van der Waals surface area (Å²) in [7, 11) is 0. The highest BCUT2D eigenvalue weighted by molar-refractivity contribution is 5.28. The van der Waals surface area contributed by atoms with E-state index in [1.807, 2.05) is 24.3 Å². The molecule has 1 rings (SSSR count). The fraction of sp³-hybridized carbons (Fsp3) is 0.200. The van der Waals surface area contributed by atoms with E-state index in [0.29, 0.717) is 13.0 Å². The first-order valence-corrected chi connectivity index (χ1v) is 3.92. The van der Waals surface area contributed by atoms with Gasteiger partial charge in [0.25, 0.3) is 0 Å². The minimum atomic E-state index is 0.531. The Kier molecular flexibility index (Phi) is 3.35. The molecule has 2 N–H and O–H groups in total. The van der Waals surface area contributed by atoms with Gasteiger partial charge in [0.15, 0.2) is 0 Å². The highest BCUT2D eigenvalue weighted by Gasteiger charge is 1.96. The highest BCUT2D eigenvalue weighted by atomic mass is 16.2. The van der Waals surface area contributed by atoms with Crippen molar-refractivity contribution in [1.82, 2.24) is 0 Å². The van der Waals surface area contributed by atoms with Gasteiger partial charge in [-0.2, -0.15) is 0 Å². The monoisotopic (exact) mass is 162 g/mol. The van der Waals surface area contributed by atoms with Crippen LogP contribution >= 0.6 is 0 Å². The van der Waals surface area contributed by atoms with Crippen molar-refractivity contribution in [2.24, 2.45) is 5.73 Å². The summed E-state index contributed by atoms with van der Waals surface area (Å²) in [5.74, 6) is 0. The maximum absolute atomic E-state index is 10.1. The van der Waals surface area contributed by atoms with Crippen molar-refractivity contribution in [3.8, 4) is 0 Å². The summed E-state index contributed by atoms with van der Waals surface area (Å²) in [4.78, 5) is 0. The van der Waals surface area contributed by atoms with Gasteiger partial charge in [0.1, 0.15) is 6.26 Å². The zero-order valence-corrected chi connectivity index (χ0v) is 6.86. The first-order chi connectivity index (χ1) is 5.88. The van der Waals surface area contributed by atoms with Crippen LogP contribution in [0, 0.1) is 0 Å². The lowest BCUT2D eigenvalue weighted by atomic mass is 10.1. The van der Waals surface area contributed by atoms with Crippen LogP contribution in [-0.4, -0.2) is 0 Å². The molecule has 0 atom stereocenters. The summed E-state index contributed by atoms with van der Waals surface area (Å²) in [6.45, 7) is 0.531. The Morgan fingerprint density at radius 3 is 2.50 bits per heavy atom. The van der Waals surface area contributed by atoms with Crippen LogP contribution in [0.25, 0.3) is 0 Å². The van der Waals surface area contributed by atoms with Crippen molar-refractivity contribution in [2.45, 2.75) is 13.0 Å². The standard InChI is InChI=1S/C10H12NO/c11-8-10-5-2-1-4-9(10)6-3-7-12/h1-5,7H,6,8,11H2. The summed E-state index contributed by atoms with van der Waals surface area (Å²) in [5.41, 5.74) is 7.76. The largest absolute Gasteiger partial charge is 0.326 e. The van der Waals surface area contributed by atoms with Crippen molar-refractivity contribution in [2.75, 3.05) is 0 Å². The van der Waals surface area contributed by atoms with Crippen molar-refractivity contribution in [1.29, 1.82) is 0 Å². The second-order valence-corrected chi connectivity index (χ2v) is 2.55. The third-order valence-electron chi connectivity index (χ3n) is 1.77. The van der Waals surface area contributed by atoms with Crippen molar-refractivity contribution >= 4 is 0 Å². The van der Waals surface area contributed by atoms with Crippen molar-refractivity contribution < 1.29 is 5.11 Å². The maximum Gasteiger partial charge on any atom is 0.139 e. The van der Waals surface area contributed by atoms with E-state index in [9.17, 15) is 5.11 Å². The molecule has 0 aliphatic heterocycles. The summed E-state index contributed by atoms with van der Waals surface area (Å²) >= 11 is 0. The van der Waals surface area contributed by atoms with E-state index < -0.39 is 0 Å². The summed E-state index contributed by atoms with van der Waals surface area (Å²) < 4.78 is 0. The maximum atomic E-state index is 10.1. The van der Waals surface area contributed by atoms with Crippen LogP contribution in [0.2, 0.25) is 0 Å². The highest BCUT2D eigenvalue weighted by Crippen LogP contribution is 2.08. The molecule has 0 amide bonds. The molecule has 0 aliphatic rings. The van der Waals surface area contributed by atoms with Gasteiger partial charge in [0.05, 0.1) is 0 Å². The molecule has 1 aromatic rings. The quantitative estimate of drug-likeness (QED) is 0.674. The molecular weight excluding hydrogens is 150 g/mol. The number of hydrogen-bond acceptors (Lipinski definition) is 1. The van der Waals surface area contributed by atoms with Gasteiger partial charge in [0, 0.05) is 6.54 Å². The lowest BCUT2D eigenvalue weighted by Crippen LogP contribution is -2.00. The Balaban J connectivity index is 2.81. The SMILES string of the molecule is NCc1ccccc1CC=C[O]. The molecule has 0 spiro atoms. The molecule has 0 bridgehead atoms. The topological polar surface area (TPSA) is 45.9 Å². The van der Waals surface area contributed by atoms with Gasteiger partial charge in [-0.25, -0.2) is 0 Å². The van der Waals surface area contributed by atoms with E-state index in [4.69, 9.17) is 5.73 Å². The molecule has 2 nitrogen and oxygen atoms in total. The van der Waals surface area contributed by atoms with Crippen LogP contribution in [0.4, 0.5) is 0 Å². The van der Waals surface area contributed by atoms with Gasteiger partial charge in [-0.3, -0.25) is 5.11 Å². The third-order valence-corrected chi connectivity index (χ3v) is 1.77. The predicted octanol–water partition coefficient (Wildman–Crippen LogP) is 1.63. The molecule has 0 saturated heterocycles. The van der Waals surface area contributed by atoms with Crippen LogP contribution in [0.5, 0.6) is 0 Å². The Bertz CT molecular complexity index is 268. The molecule has 12 heavy (non-hydrogen) atoms. The van der Waals surface area contributed by atoms with Gasteiger partial charge in [-0.1, -0.05) is 24.3 Å². The number of benzene rings is 1. The zero-order valence-electron chi connectivity index (χ0n) is 6.86. The van der Waals surface area contributed by atoms with E-state index in [-0.39, 0.29) is 0 Å². The van der Waals surface area contributed by atoms with E-state index >= 15 is 0 Å². The lowest BCUT2D eigenvalue weighted by molar-refractivity contribution is 0.350. The van der Waals surface area contributed by atoms with E-state index in [1.54, 1.807) is 6.08 Å². The predicted molar refractivity (Wildman–Crippen MR) is 47.9 cm³/mol. The van der Waals surface area contributed by atoms with Crippen molar-refractivity contribution in [3.63, 3.8) is 0 Å². The molecule has 0 heterocycles. The minimum absolute atomic E-state index is 0.531. The summed E-state index contributed by atoms with van der Waals surface area (Å²) in [6, 6.07) is 7.87. The van der Waals surface area contributed by atoms with Gasteiger partial charge < -0.3 is 5.73 Å². The molecule has 1 aromatic carbocycles. The van der Waals surface area contributed by atoms with E-state index in [1.165, 1.54) is 0 Å². The number of hydrogen-bond donors (Lipinski definition) is 1. The van der Waals surface area contributed by atoms with Gasteiger partial charge in [-0.15, -0.1) is 0 Å². The van der Waals surface area contributed by atoms with Crippen LogP contribution < -0.4 is 5.73 Å². The Morgan fingerprint density at radius 1 is 1.25 bits per heavy atom. The van der Waals surface area contributed by atoms with E-state index in [0.717, 1.165) is 17.4 Å². The molecule has 0 aromatic heterocycles.